The highest BCUT2D eigenvalue weighted by molar-refractivity contribution is 6.37. The third-order valence-corrected chi connectivity index (χ3v) is 10.0. The molecule has 11 heteroatoms. The van der Waals surface area contributed by atoms with E-state index in [1.165, 1.54) is 0 Å². The molecule has 1 saturated heterocycles. The van der Waals surface area contributed by atoms with Crippen LogP contribution < -0.4 is 21.7 Å². The number of Topliss-reactive ketones (excluding diaryl/α,β-unsaturated/α-hetero) is 1. The van der Waals surface area contributed by atoms with E-state index in [1.54, 1.807) is 12.0 Å². The molecule has 2 saturated carbocycles. The zero-order valence-corrected chi connectivity index (χ0v) is 27.9. The number of hydrogen-bond donors (Lipinski definition) is 4. The van der Waals surface area contributed by atoms with Gasteiger partial charge in [0.05, 0.1) is 12.1 Å². The first-order valence-corrected chi connectivity index (χ1v) is 16.1. The van der Waals surface area contributed by atoms with Crippen molar-refractivity contribution in [1.29, 1.82) is 0 Å². The van der Waals surface area contributed by atoms with E-state index in [0.29, 0.717) is 13.0 Å². The molecule has 1 aromatic rings. The standard InChI is InChI=1S/C34H51N5O6/c1-18(2)24(27(45-8)20-12-10-9-11-13-20)37-32(44)38-28(33(3,4)5)31(43)39-17-21-23(34(21,6)7)25(39)30(42)36-22(16-19-14-15-19)26(40)29(35)41/h9-13,18-19,21-25,27-28H,14-17H2,1-8H3,(H2,35,41)(H,36,42)(H2,37,38,44)/t21?,22?,23-,24?,25?,27?,28?/m0/s1. The lowest BCUT2D eigenvalue weighted by molar-refractivity contribution is -0.145. The number of carbonyl (C=O) groups excluding carboxylic acids is 5. The molecular weight excluding hydrogens is 574 g/mol. The van der Waals surface area contributed by atoms with Gasteiger partial charge in [-0.15, -0.1) is 0 Å². The molecule has 5 N–H and O–H groups in total. The third kappa shape index (κ3) is 7.51. The van der Waals surface area contributed by atoms with Crippen molar-refractivity contribution in [1.82, 2.24) is 20.9 Å². The number of ketones is 1. The fourth-order valence-electron chi connectivity index (χ4n) is 7.02. The van der Waals surface area contributed by atoms with Crippen LogP contribution in [0.3, 0.4) is 0 Å². The predicted molar refractivity (Wildman–Crippen MR) is 169 cm³/mol. The smallest absolute Gasteiger partial charge is 0.315 e. The maximum atomic E-state index is 14.3. The minimum Gasteiger partial charge on any atom is -0.375 e. The molecule has 7 atom stereocenters. The first kappa shape index (κ1) is 34.4. The Bertz CT molecular complexity index is 1290. The van der Waals surface area contributed by atoms with Crippen molar-refractivity contribution in [3.05, 3.63) is 35.9 Å². The van der Waals surface area contributed by atoms with E-state index >= 15 is 0 Å². The maximum absolute atomic E-state index is 14.3. The Balaban J connectivity index is 1.54. The number of fused-ring (bicyclic) bond motifs is 1. The summed E-state index contributed by atoms with van der Waals surface area (Å²) in [5.41, 5.74) is 5.36. The molecule has 0 radical (unpaired) electrons. The van der Waals surface area contributed by atoms with Crippen LogP contribution >= 0.6 is 0 Å². The third-order valence-electron chi connectivity index (χ3n) is 10.0. The van der Waals surface area contributed by atoms with E-state index in [-0.39, 0.29) is 35.0 Å². The Kier molecular flexibility index (Phi) is 10.0. The van der Waals surface area contributed by atoms with E-state index in [2.05, 4.69) is 29.8 Å². The van der Waals surface area contributed by atoms with Gasteiger partial charge in [0, 0.05) is 13.7 Å². The number of urea groups is 1. The van der Waals surface area contributed by atoms with Gasteiger partial charge in [0.2, 0.25) is 17.6 Å². The molecule has 5 amide bonds. The Hall–Kier alpha value is -3.47. The molecule has 3 aliphatic rings. The summed E-state index contributed by atoms with van der Waals surface area (Å²) >= 11 is 0. The van der Waals surface area contributed by atoms with Crippen molar-refractivity contribution in [2.45, 2.75) is 98.0 Å². The number of hydrogen-bond acceptors (Lipinski definition) is 6. The zero-order valence-electron chi connectivity index (χ0n) is 27.9. The maximum Gasteiger partial charge on any atom is 0.315 e. The molecule has 1 aliphatic heterocycles. The first-order valence-electron chi connectivity index (χ1n) is 16.1. The summed E-state index contributed by atoms with van der Waals surface area (Å²) in [7, 11) is 1.60. The number of benzene rings is 1. The number of nitrogens with zero attached hydrogens (tertiary/aromatic N) is 1. The quantitative estimate of drug-likeness (QED) is 0.247. The van der Waals surface area contributed by atoms with Gasteiger partial charge in [-0.25, -0.2) is 4.79 Å². The summed E-state index contributed by atoms with van der Waals surface area (Å²) in [5, 5.41) is 8.76. The number of primary amides is 1. The van der Waals surface area contributed by atoms with Crippen LogP contribution in [0.2, 0.25) is 0 Å². The fraction of sp³-hybridized carbons (Fsp3) is 0.676. The highest BCUT2D eigenvalue weighted by Gasteiger charge is 2.70. The molecule has 248 valence electrons. The lowest BCUT2D eigenvalue weighted by Crippen LogP contribution is -2.62. The van der Waals surface area contributed by atoms with Crippen LogP contribution in [-0.4, -0.2) is 72.3 Å². The molecule has 6 unspecified atom stereocenters. The number of rotatable bonds is 13. The average molecular weight is 626 g/mol. The Labute approximate surface area is 266 Å². The van der Waals surface area contributed by atoms with Gasteiger partial charge in [0.25, 0.3) is 5.91 Å². The minimum atomic E-state index is -1.09. The number of carbonyl (C=O) groups is 5. The van der Waals surface area contributed by atoms with Crippen molar-refractivity contribution >= 4 is 29.5 Å². The second-order valence-electron chi connectivity index (χ2n) is 15.1. The Morgan fingerprint density at radius 3 is 2.16 bits per heavy atom. The number of likely N-dealkylation sites (tertiary alicyclic amines) is 1. The van der Waals surface area contributed by atoms with Crippen LogP contribution in [-0.2, 0) is 23.9 Å². The molecule has 1 heterocycles. The van der Waals surface area contributed by atoms with E-state index in [0.717, 1.165) is 18.4 Å². The molecule has 0 aromatic heterocycles. The monoisotopic (exact) mass is 625 g/mol. The van der Waals surface area contributed by atoms with Crippen LogP contribution in [0.5, 0.6) is 0 Å². The number of nitrogens with one attached hydrogen (secondary N) is 3. The van der Waals surface area contributed by atoms with Crippen molar-refractivity contribution in [2.24, 2.45) is 40.2 Å². The van der Waals surface area contributed by atoms with E-state index in [9.17, 15) is 24.0 Å². The summed E-state index contributed by atoms with van der Waals surface area (Å²) < 4.78 is 5.81. The summed E-state index contributed by atoms with van der Waals surface area (Å²) in [6.45, 7) is 14.1. The van der Waals surface area contributed by atoms with Gasteiger partial charge >= 0.3 is 6.03 Å². The molecule has 11 nitrogen and oxygen atoms in total. The number of methoxy groups -OCH3 is 1. The van der Waals surface area contributed by atoms with Gasteiger partial charge in [-0.2, -0.15) is 0 Å². The second-order valence-corrected chi connectivity index (χ2v) is 15.1. The fourth-order valence-corrected chi connectivity index (χ4v) is 7.02. The first-order chi connectivity index (χ1) is 21.0. The summed E-state index contributed by atoms with van der Waals surface area (Å²) in [6.07, 6.45) is 1.80. The van der Waals surface area contributed by atoms with Crippen LogP contribution in [0.25, 0.3) is 0 Å². The van der Waals surface area contributed by atoms with Gasteiger partial charge in [-0.3, -0.25) is 19.2 Å². The van der Waals surface area contributed by atoms with Crippen molar-refractivity contribution in [3.63, 3.8) is 0 Å². The Morgan fingerprint density at radius 1 is 1.02 bits per heavy atom. The lowest BCUT2D eigenvalue weighted by atomic mass is 9.85. The molecule has 3 fully saturated rings. The van der Waals surface area contributed by atoms with Crippen LogP contribution in [0.15, 0.2) is 30.3 Å². The van der Waals surface area contributed by atoms with E-state index in [1.807, 2.05) is 65.0 Å². The molecule has 4 rings (SSSR count). The number of ether oxygens (including phenoxy) is 1. The zero-order chi connectivity index (χ0) is 33.4. The molecule has 0 bridgehead atoms. The molecule has 1 aromatic carbocycles. The van der Waals surface area contributed by atoms with Gasteiger partial charge in [-0.05, 0) is 46.5 Å². The number of nitrogens with two attached hydrogens (primary N) is 1. The highest BCUT2D eigenvalue weighted by atomic mass is 16.5. The van der Waals surface area contributed by atoms with Crippen molar-refractivity contribution < 1.29 is 28.7 Å². The number of amides is 5. The summed E-state index contributed by atoms with van der Waals surface area (Å²) in [4.78, 5) is 67.7. The number of piperidine rings is 1. The molecule has 0 spiro atoms. The normalized spacial score (nSPS) is 24.6. The predicted octanol–water partition coefficient (Wildman–Crippen LogP) is 2.93. The second kappa shape index (κ2) is 13.1. The van der Waals surface area contributed by atoms with Gasteiger partial charge < -0.3 is 31.3 Å². The SMILES string of the molecule is COC(c1ccccc1)C(NC(=O)NC(C(=O)N1CC2[C@@H](C1C(=O)NC(CC1CC1)C(=O)C(N)=O)C2(C)C)C(C)(C)C)C(C)C. The summed E-state index contributed by atoms with van der Waals surface area (Å²) in [6, 6.07) is 5.93. The van der Waals surface area contributed by atoms with Crippen LogP contribution in [0.4, 0.5) is 4.79 Å². The van der Waals surface area contributed by atoms with Crippen LogP contribution in [0, 0.1) is 34.5 Å². The molecule has 2 aliphatic carbocycles. The Morgan fingerprint density at radius 2 is 1.64 bits per heavy atom. The van der Waals surface area contributed by atoms with Gasteiger partial charge in [0.1, 0.15) is 18.2 Å². The lowest BCUT2D eigenvalue weighted by Gasteiger charge is -2.38. The molecular formula is C34H51N5O6. The van der Waals surface area contributed by atoms with Crippen LogP contribution in [0.1, 0.15) is 79.4 Å². The van der Waals surface area contributed by atoms with E-state index < -0.39 is 59.3 Å². The van der Waals surface area contributed by atoms with Gasteiger partial charge in [0.15, 0.2) is 0 Å². The van der Waals surface area contributed by atoms with Crippen molar-refractivity contribution in [3.8, 4) is 0 Å². The molecule has 45 heavy (non-hydrogen) atoms. The topological polar surface area (TPSA) is 160 Å². The van der Waals surface area contributed by atoms with Crippen molar-refractivity contribution in [2.75, 3.05) is 13.7 Å². The average Bonchev–Trinajstić information content (AvgIpc) is 3.82. The summed E-state index contributed by atoms with van der Waals surface area (Å²) in [5.74, 6) is -2.50. The minimum absolute atomic E-state index is 0.0115. The largest absolute Gasteiger partial charge is 0.375 e. The van der Waals surface area contributed by atoms with E-state index in [4.69, 9.17) is 10.5 Å². The van der Waals surface area contributed by atoms with Gasteiger partial charge in [-0.1, -0.05) is 91.6 Å². The highest BCUT2D eigenvalue weighted by Crippen LogP contribution is 2.65.